The molecule has 2 rings (SSSR count). The number of nitrogen functional groups attached to an aromatic ring is 1. The van der Waals surface area contributed by atoms with E-state index in [1.165, 1.54) is 31.7 Å². The third-order valence-corrected chi connectivity index (χ3v) is 13.0. The minimum atomic E-state index is -5.44. The van der Waals surface area contributed by atoms with Crippen LogP contribution in [0.5, 0.6) is 0 Å². The van der Waals surface area contributed by atoms with Crippen molar-refractivity contribution in [2.24, 2.45) is 0 Å². The number of hydrogen-bond acceptors (Lipinski definition) is 16. The number of aromatic nitrogens is 2. The molecule has 19 nitrogen and oxygen atoms in total. The molecule has 1 aromatic rings. The van der Waals surface area contributed by atoms with E-state index in [4.69, 9.17) is 29.0 Å². The number of hydrogen-bond donors (Lipinski definition) is 6. The Kier molecular flexibility index (Phi) is 32.1. The van der Waals surface area contributed by atoms with Crippen LogP contribution in [0.25, 0.3) is 0 Å². The Morgan fingerprint density at radius 1 is 0.768 bits per heavy atom. The van der Waals surface area contributed by atoms with Crippen LogP contribution < -0.4 is 11.4 Å². The number of aliphatic hydroxyl groups excluding tert-OH is 3. The molecule has 1 saturated heterocycles. The van der Waals surface area contributed by atoms with Crippen LogP contribution in [0.1, 0.15) is 142 Å². The van der Waals surface area contributed by atoms with Gasteiger partial charge in [-0.1, -0.05) is 125 Å². The molecule has 0 spiro atoms. The molecule has 0 radical (unpaired) electrons. The largest absolute Gasteiger partial charge is 0.481 e. The Labute approximate surface area is 407 Å². The summed E-state index contributed by atoms with van der Waals surface area (Å²) >= 11 is 0. The second-order valence-corrected chi connectivity index (χ2v) is 19.5. The Morgan fingerprint density at radius 3 is 2.01 bits per heavy atom. The summed E-state index contributed by atoms with van der Waals surface area (Å²) in [5.74, 6) is -1.41. The number of nitrogens with zero attached hydrogens (tertiary/aromatic N) is 2. The number of esters is 2. The number of unbranched alkanes of at least 4 members (excludes halogenated alkanes) is 10. The monoisotopic (exact) mass is 1010 g/mol. The quantitative estimate of drug-likeness (QED) is 0.0119. The van der Waals surface area contributed by atoms with E-state index >= 15 is 0 Å². The summed E-state index contributed by atoms with van der Waals surface area (Å²) in [4.78, 5) is 61.8. The van der Waals surface area contributed by atoms with Crippen molar-refractivity contribution in [3.05, 3.63) is 95.7 Å². The van der Waals surface area contributed by atoms with Crippen molar-refractivity contribution in [3.63, 3.8) is 0 Å². The predicted molar refractivity (Wildman–Crippen MR) is 262 cm³/mol. The van der Waals surface area contributed by atoms with E-state index < -0.39 is 89.8 Å². The Morgan fingerprint density at radius 2 is 1.35 bits per heavy atom. The maximum Gasteiger partial charge on any atom is 0.481 e. The average molecular weight is 1010 g/mol. The van der Waals surface area contributed by atoms with Gasteiger partial charge in [0.25, 0.3) is 0 Å². The fourth-order valence-electron chi connectivity index (χ4n) is 6.53. The second kappa shape index (κ2) is 36.1. The van der Waals surface area contributed by atoms with Crippen molar-refractivity contribution in [2.45, 2.75) is 173 Å². The van der Waals surface area contributed by atoms with Gasteiger partial charge >= 0.3 is 33.3 Å². The lowest BCUT2D eigenvalue weighted by Gasteiger charge is -2.21. The molecule has 1 aromatic heterocycles. The van der Waals surface area contributed by atoms with E-state index in [0.29, 0.717) is 25.7 Å². The van der Waals surface area contributed by atoms with Crippen LogP contribution in [-0.2, 0) is 46.3 Å². The van der Waals surface area contributed by atoms with Gasteiger partial charge in [0.2, 0.25) is 0 Å². The summed E-state index contributed by atoms with van der Waals surface area (Å²) in [6.07, 6.45) is 32.3. The lowest BCUT2D eigenvalue weighted by Crippen LogP contribution is -2.36. The fraction of sp³-hybridized carbons (Fsp3) is 0.625. The number of rotatable bonds is 38. The van der Waals surface area contributed by atoms with Crippen molar-refractivity contribution >= 4 is 33.4 Å². The highest BCUT2D eigenvalue weighted by Crippen LogP contribution is 2.60. The van der Waals surface area contributed by atoms with Gasteiger partial charge in [0.1, 0.15) is 30.7 Å². The number of aliphatic hydroxyl groups is 3. The van der Waals surface area contributed by atoms with Gasteiger partial charge in [0.15, 0.2) is 12.3 Å². The number of carbonyl (C=O) groups excluding carboxylic acids is 2. The molecule has 69 heavy (non-hydrogen) atoms. The fourth-order valence-corrected chi connectivity index (χ4v) is 8.64. The lowest BCUT2D eigenvalue weighted by atomic mass is 10.1. The van der Waals surface area contributed by atoms with Crippen LogP contribution in [0.3, 0.4) is 0 Å². The first kappa shape index (κ1) is 61.3. The Bertz CT molecular complexity index is 1950. The minimum absolute atomic E-state index is 0.0172. The first-order valence-corrected chi connectivity index (χ1v) is 27.0. The molecule has 0 amide bonds. The maximum absolute atomic E-state index is 12.8. The van der Waals surface area contributed by atoms with E-state index in [1.54, 1.807) is 6.08 Å². The number of carbonyl (C=O) groups is 2. The SMILES string of the molecule is CCCCCC/C=C\CCCCCCCC(=O)O[C@H](COC(=O)CCC/C=C\C/C=C\C/C=C\C/C=C\C=C\[C@@H](O)CC)COP(=O)(O)OP(=O)(O)OC[C@H]1O[C@@H](n2ccc(N)nc2=O)[C@H](O)[C@@H]1O. The standard InChI is InChI=1S/C48H77N3O16P2/c1-3-5-6-7-8-9-10-13-18-21-24-27-30-33-44(54)65-40(36-62-43(53)32-29-26-23-20-17-15-12-11-14-16-19-22-25-28-31-39(52)4-2)37-63-68(58,59)67-69(60,61)64-38-41-45(55)46(56)47(66-41)51-35-34-42(49)50-48(51)57/h9-10,12,14-16,20,22-23,25,28,31,34-35,39-41,45-47,52,55-56H,3-8,11,13,17-19,21,24,26-27,29-30,32-33,36-38H2,1-2H3,(H,58,59)(H,60,61)(H2,49,50,57)/b10-9-,15-12-,16-14-,23-20-,25-22-,31-28+/t39-,40+,41+,45+,46+,47+/m0/s1. The minimum Gasteiger partial charge on any atom is -0.462 e. The lowest BCUT2D eigenvalue weighted by molar-refractivity contribution is -0.161. The molecule has 0 aromatic carbocycles. The third kappa shape index (κ3) is 29.2. The zero-order valence-electron chi connectivity index (χ0n) is 40.2. The summed E-state index contributed by atoms with van der Waals surface area (Å²) in [5, 5.41) is 30.4. The molecular formula is C48H77N3O16P2. The molecule has 0 saturated carbocycles. The molecule has 1 aliphatic heterocycles. The van der Waals surface area contributed by atoms with Crippen LogP contribution in [0.2, 0.25) is 0 Å². The first-order chi connectivity index (χ1) is 33.1. The zero-order chi connectivity index (χ0) is 50.8. The second-order valence-electron chi connectivity index (χ2n) is 16.4. The van der Waals surface area contributed by atoms with Crippen molar-refractivity contribution < 1.29 is 71.4 Å². The van der Waals surface area contributed by atoms with Gasteiger partial charge in [0.05, 0.1) is 19.3 Å². The molecule has 2 unspecified atom stereocenters. The van der Waals surface area contributed by atoms with Gasteiger partial charge in [0, 0.05) is 19.0 Å². The van der Waals surface area contributed by atoms with E-state index in [1.807, 2.05) is 43.4 Å². The summed E-state index contributed by atoms with van der Waals surface area (Å²) in [6.45, 7) is 1.72. The molecule has 1 aliphatic rings. The molecule has 21 heteroatoms. The van der Waals surface area contributed by atoms with E-state index in [2.05, 4.69) is 46.6 Å². The summed E-state index contributed by atoms with van der Waals surface area (Å²) < 4.78 is 56.6. The predicted octanol–water partition coefficient (Wildman–Crippen LogP) is 8.30. The Hall–Kier alpha value is -3.84. The van der Waals surface area contributed by atoms with Crippen molar-refractivity contribution in [2.75, 3.05) is 25.6 Å². The number of phosphoric ester groups is 2. The van der Waals surface area contributed by atoms with Crippen molar-refractivity contribution in [1.82, 2.24) is 9.55 Å². The molecule has 8 atom stereocenters. The van der Waals surface area contributed by atoms with E-state index in [9.17, 15) is 48.6 Å². The van der Waals surface area contributed by atoms with Crippen molar-refractivity contribution in [3.8, 4) is 0 Å². The number of nitrogens with two attached hydrogens (primary N) is 1. The van der Waals surface area contributed by atoms with Crippen LogP contribution in [-0.4, -0.2) is 96.9 Å². The highest BCUT2D eigenvalue weighted by atomic mass is 31.3. The smallest absolute Gasteiger partial charge is 0.462 e. The molecule has 0 bridgehead atoms. The van der Waals surface area contributed by atoms with Gasteiger partial charge in [-0.15, -0.1) is 0 Å². The summed E-state index contributed by atoms with van der Waals surface area (Å²) in [7, 11) is -10.9. The van der Waals surface area contributed by atoms with Gasteiger partial charge in [-0.25, -0.2) is 13.9 Å². The van der Waals surface area contributed by atoms with E-state index in [-0.39, 0.29) is 18.7 Å². The van der Waals surface area contributed by atoms with Gasteiger partial charge in [-0.2, -0.15) is 9.29 Å². The first-order valence-electron chi connectivity index (χ1n) is 24.1. The zero-order valence-corrected chi connectivity index (χ0v) is 42.0. The highest BCUT2D eigenvalue weighted by Gasteiger charge is 2.46. The number of phosphoric acid groups is 2. The van der Waals surface area contributed by atoms with Crippen LogP contribution >= 0.6 is 15.6 Å². The van der Waals surface area contributed by atoms with Crippen LogP contribution in [0.4, 0.5) is 5.82 Å². The number of allylic oxidation sites excluding steroid dienone is 11. The van der Waals surface area contributed by atoms with Gasteiger partial charge in [-0.05, 0) is 76.7 Å². The van der Waals surface area contributed by atoms with Crippen molar-refractivity contribution in [1.29, 1.82) is 0 Å². The number of anilines is 1. The molecule has 7 N–H and O–H groups in total. The third-order valence-electron chi connectivity index (χ3n) is 10.4. The number of ether oxygens (including phenoxy) is 3. The van der Waals surface area contributed by atoms with Crippen LogP contribution in [0, 0.1) is 0 Å². The van der Waals surface area contributed by atoms with Crippen LogP contribution in [0.15, 0.2) is 90.0 Å². The molecule has 390 valence electrons. The Balaban J connectivity index is 1.85. The summed E-state index contributed by atoms with van der Waals surface area (Å²) in [6, 6.07) is 1.24. The molecule has 2 heterocycles. The topological polar surface area (TPSA) is 286 Å². The molecule has 0 aliphatic carbocycles. The molecule has 1 fully saturated rings. The molecular weight excluding hydrogens is 936 g/mol. The van der Waals surface area contributed by atoms with Gasteiger partial charge in [-0.3, -0.25) is 23.2 Å². The normalized spacial score (nSPS) is 20.4. The van der Waals surface area contributed by atoms with Gasteiger partial charge < -0.3 is 45.1 Å². The highest BCUT2D eigenvalue weighted by molar-refractivity contribution is 7.61. The van der Waals surface area contributed by atoms with E-state index in [0.717, 1.165) is 68.6 Å². The summed E-state index contributed by atoms with van der Waals surface area (Å²) in [5.41, 5.74) is 4.57. The average Bonchev–Trinajstić information content (AvgIpc) is 3.58. The maximum atomic E-state index is 12.8.